The van der Waals surface area contributed by atoms with Gasteiger partial charge in [0.05, 0.1) is 16.8 Å². The van der Waals surface area contributed by atoms with Crippen molar-refractivity contribution in [3.05, 3.63) is 247 Å². The van der Waals surface area contributed by atoms with Crippen molar-refractivity contribution in [2.24, 2.45) is 0 Å². The number of hydrogen-bond acceptors (Lipinski definition) is 4. The lowest BCUT2D eigenvalue weighted by Gasteiger charge is -2.30. The first-order valence-corrected chi connectivity index (χ1v) is 21.7. The van der Waals surface area contributed by atoms with Gasteiger partial charge < -0.3 is 0 Å². The zero-order valence-electron chi connectivity index (χ0n) is 34.6. The molecular formula is C59H37N5. The molecule has 0 saturated heterocycles. The second-order valence-electron chi connectivity index (χ2n) is 16.6. The van der Waals surface area contributed by atoms with Crippen LogP contribution in [0.15, 0.2) is 225 Å². The summed E-state index contributed by atoms with van der Waals surface area (Å²) >= 11 is 0. The Balaban J connectivity index is 1.03. The van der Waals surface area contributed by atoms with E-state index in [-0.39, 0.29) is 0 Å². The first-order valence-electron chi connectivity index (χ1n) is 21.7. The van der Waals surface area contributed by atoms with E-state index in [0.29, 0.717) is 17.5 Å². The molecule has 64 heavy (non-hydrogen) atoms. The first kappa shape index (κ1) is 36.1. The number of aromatic nitrogens is 5. The van der Waals surface area contributed by atoms with Crippen molar-refractivity contribution in [1.82, 2.24) is 24.3 Å². The third kappa shape index (κ3) is 5.44. The van der Waals surface area contributed by atoms with Gasteiger partial charge in [-0.2, -0.15) is 0 Å². The molecule has 3 aromatic heterocycles. The van der Waals surface area contributed by atoms with Crippen LogP contribution in [-0.4, -0.2) is 24.3 Å². The van der Waals surface area contributed by atoms with E-state index in [9.17, 15) is 0 Å². The molecule has 0 saturated carbocycles. The second-order valence-corrected chi connectivity index (χ2v) is 16.6. The average molecular weight is 816 g/mol. The summed E-state index contributed by atoms with van der Waals surface area (Å²) in [6.45, 7) is 0. The molecule has 2 aliphatic carbocycles. The quantitative estimate of drug-likeness (QED) is 0.168. The summed E-state index contributed by atoms with van der Waals surface area (Å²) < 4.78 is 2.17. The SMILES string of the molecule is c1ccc(-c2cccc(-c3nc(-c4cccc(-c5c(-c6ccccc6)nc6ccccn56)c4)nc(-c4ccc5c(c4)C4(c6ccccc6-c6ccccc64)c4ccccc4-5)n3)c2)cc1. The van der Waals surface area contributed by atoms with Gasteiger partial charge in [0.15, 0.2) is 17.5 Å². The molecule has 298 valence electrons. The number of rotatable bonds is 6. The highest BCUT2D eigenvalue weighted by Crippen LogP contribution is 2.63. The molecule has 11 aromatic rings. The monoisotopic (exact) mass is 815 g/mol. The second kappa shape index (κ2) is 14.3. The smallest absolute Gasteiger partial charge is 0.164 e. The fraction of sp³-hybridized carbons (Fsp3) is 0.0169. The number of nitrogens with zero attached hydrogens (tertiary/aromatic N) is 5. The van der Waals surface area contributed by atoms with Gasteiger partial charge in [0.25, 0.3) is 0 Å². The largest absolute Gasteiger partial charge is 0.299 e. The van der Waals surface area contributed by atoms with Crippen molar-refractivity contribution in [1.29, 1.82) is 0 Å². The summed E-state index contributed by atoms with van der Waals surface area (Å²) in [5, 5.41) is 0. The zero-order valence-corrected chi connectivity index (χ0v) is 34.6. The van der Waals surface area contributed by atoms with Crippen LogP contribution in [0.4, 0.5) is 0 Å². The molecule has 8 aromatic carbocycles. The van der Waals surface area contributed by atoms with Gasteiger partial charge in [-0.1, -0.05) is 188 Å². The van der Waals surface area contributed by atoms with Crippen molar-refractivity contribution in [2.75, 3.05) is 0 Å². The molecule has 0 radical (unpaired) electrons. The van der Waals surface area contributed by atoms with E-state index < -0.39 is 5.41 Å². The summed E-state index contributed by atoms with van der Waals surface area (Å²) in [4.78, 5) is 21.1. The van der Waals surface area contributed by atoms with Crippen LogP contribution in [0.1, 0.15) is 22.3 Å². The molecule has 0 aliphatic heterocycles. The minimum atomic E-state index is -0.489. The van der Waals surface area contributed by atoms with Gasteiger partial charge in [-0.05, 0) is 86.0 Å². The van der Waals surface area contributed by atoms with Crippen LogP contribution >= 0.6 is 0 Å². The Hall–Kier alpha value is -8.54. The van der Waals surface area contributed by atoms with Crippen LogP contribution in [0.5, 0.6) is 0 Å². The Morgan fingerprint density at radius 2 is 0.750 bits per heavy atom. The summed E-state index contributed by atoms with van der Waals surface area (Å²) in [6.07, 6.45) is 2.08. The Kier molecular flexibility index (Phi) is 8.06. The fourth-order valence-electron chi connectivity index (χ4n) is 10.3. The molecule has 0 fully saturated rings. The standard InChI is InChI=1S/C59H37N5/c1-3-17-38(18-4-1)40-21-15-23-42(35-40)56-61-57(43-24-16-22-41(36-43)55-54(39-19-5-2-6-20-39)60-53-31-13-14-34-64(53)55)63-58(62-56)44-32-33-48-47-27-9-12-30-51(47)59(52(48)37-44)49-28-10-7-25-45(49)46-26-8-11-29-50(46)59/h1-37H. The maximum absolute atomic E-state index is 5.38. The highest BCUT2D eigenvalue weighted by atomic mass is 15.0. The van der Waals surface area contributed by atoms with Gasteiger partial charge in [-0.15, -0.1) is 0 Å². The maximum atomic E-state index is 5.38. The lowest BCUT2D eigenvalue weighted by Crippen LogP contribution is -2.25. The van der Waals surface area contributed by atoms with E-state index in [1.807, 2.05) is 24.3 Å². The number of benzene rings is 8. The Morgan fingerprint density at radius 3 is 1.36 bits per heavy atom. The predicted octanol–water partition coefficient (Wildman–Crippen LogP) is 13.9. The van der Waals surface area contributed by atoms with Gasteiger partial charge in [0.2, 0.25) is 0 Å². The van der Waals surface area contributed by atoms with Crippen molar-refractivity contribution < 1.29 is 0 Å². The summed E-state index contributed by atoms with van der Waals surface area (Å²) in [6, 6.07) is 77.5. The van der Waals surface area contributed by atoms with E-state index in [2.05, 4.69) is 205 Å². The Morgan fingerprint density at radius 1 is 0.297 bits per heavy atom. The highest BCUT2D eigenvalue weighted by Gasteiger charge is 2.51. The topological polar surface area (TPSA) is 56.0 Å². The lowest BCUT2D eigenvalue weighted by molar-refractivity contribution is 0.794. The van der Waals surface area contributed by atoms with Gasteiger partial charge >= 0.3 is 0 Å². The third-order valence-corrected chi connectivity index (χ3v) is 13.1. The molecule has 1 spiro atoms. The molecule has 0 atom stereocenters. The highest BCUT2D eigenvalue weighted by molar-refractivity contribution is 5.96. The molecule has 2 aliphatic rings. The molecule has 13 rings (SSSR count). The van der Waals surface area contributed by atoms with Crippen molar-refractivity contribution in [3.63, 3.8) is 0 Å². The van der Waals surface area contributed by atoms with Crippen LogP contribution in [-0.2, 0) is 5.41 Å². The molecule has 0 bridgehead atoms. The molecule has 3 heterocycles. The van der Waals surface area contributed by atoms with E-state index in [1.165, 1.54) is 44.5 Å². The van der Waals surface area contributed by atoms with Crippen LogP contribution in [0.2, 0.25) is 0 Å². The summed E-state index contributed by atoms with van der Waals surface area (Å²) in [5.41, 5.74) is 19.5. The molecule has 0 N–H and O–H groups in total. The zero-order chi connectivity index (χ0) is 42.2. The minimum Gasteiger partial charge on any atom is -0.299 e. The van der Waals surface area contributed by atoms with E-state index in [1.54, 1.807) is 0 Å². The fourth-order valence-corrected chi connectivity index (χ4v) is 10.3. The van der Waals surface area contributed by atoms with Crippen molar-refractivity contribution >= 4 is 5.65 Å². The predicted molar refractivity (Wildman–Crippen MR) is 257 cm³/mol. The number of fused-ring (bicyclic) bond motifs is 11. The molecule has 0 unspecified atom stereocenters. The first-order chi connectivity index (χ1) is 31.7. The van der Waals surface area contributed by atoms with Gasteiger partial charge in [0, 0.05) is 34.0 Å². The van der Waals surface area contributed by atoms with E-state index >= 15 is 0 Å². The van der Waals surface area contributed by atoms with Crippen LogP contribution in [0.25, 0.3) is 95.7 Å². The van der Waals surface area contributed by atoms with Crippen LogP contribution < -0.4 is 0 Å². The molecular weight excluding hydrogens is 779 g/mol. The number of pyridine rings is 1. The lowest BCUT2D eigenvalue weighted by atomic mass is 9.70. The maximum Gasteiger partial charge on any atom is 0.164 e. The van der Waals surface area contributed by atoms with Crippen LogP contribution in [0.3, 0.4) is 0 Å². The van der Waals surface area contributed by atoms with Gasteiger partial charge in [0.1, 0.15) is 5.65 Å². The molecule has 5 nitrogen and oxygen atoms in total. The van der Waals surface area contributed by atoms with E-state index in [0.717, 1.165) is 56.0 Å². The molecule has 0 amide bonds. The number of imidazole rings is 1. The van der Waals surface area contributed by atoms with Crippen LogP contribution in [0, 0.1) is 0 Å². The van der Waals surface area contributed by atoms with Gasteiger partial charge in [-0.25, -0.2) is 19.9 Å². The minimum absolute atomic E-state index is 0.489. The van der Waals surface area contributed by atoms with Crippen molar-refractivity contribution in [2.45, 2.75) is 5.41 Å². The average Bonchev–Trinajstić information content (AvgIpc) is 4.01. The Bertz CT molecular complexity index is 3560. The van der Waals surface area contributed by atoms with Crippen molar-refractivity contribution in [3.8, 4) is 90.1 Å². The Labute approximate surface area is 370 Å². The third-order valence-electron chi connectivity index (χ3n) is 13.1. The molecule has 5 heteroatoms. The summed E-state index contributed by atoms with van der Waals surface area (Å²) in [5.74, 6) is 1.82. The normalized spacial score (nSPS) is 12.8. The number of hydrogen-bond donors (Lipinski definition) is 0. The summed E-state index contributed by atoms with van der Waals surface area (Å²) in [7, 11) is 0. The van der Waals surface area contributed by atoms with Gasteiger partial charge in [-0.3, -0.25) is 4.40 Å². The van der Waals surface area contributed by atoms with E-state index in [4.69, 9.17) is 19.9 Å².